The van der Waals surface area contributed by atoms with E-state index in [2.05, 4.69) is 15.3 Å². The lowest BCUT2D eigenvalue weighted by Crippen LogP contribution is -2.04. The molecule has 2 aromatic rings. The van der Waals surface area contributed by atoms with Crippen LogP contribution in [0.3, 0.4) is 0 Å². The van der Waals surface area contributed by atoms with Crippen molar-refractivity contribution in [2.45, 2.75) is 25.7 Å². The highest BCUT2D eigenvalue weighted by atomic mass is 16.5. The van der Waals surface area contributed by atoms with Crippen LogP contribution in [0.2, 0.25) is 0 Å². The molecule has 0 amide bonds. The van der Waals surface area contributed by atoms with E-state index in [1.54, 1.807) is 7.11 Å². The minimum Gasteiger partial charge on any atom is -0.497 e. The van der Waals surface area contributed by atoms with Crippen LogP contribution in [0.25, 0.3) is 0 Å². The van der Waals surface area contributed by atoms with Gasteiger partial charge in [-0.1, -0.05) is 0 Å². The third-order valence-electron chi connectivity index (χ3n) is 3.57. The van der Waals surface area contributed by atoms with Crippen molar-refractivity contribution in [1.29, 1.82) is 0 Å². The van der Waals surface area contributed by atoms with Gasteiger partial charge in [0.05, 0.1) is 12.7 Å². The van der Waals surface area contributed by atoms with Crippen molar-refractivity contribution in [2.75, 3.05) is 19.5 Å². The summed E-state index contributed by atoms with van der Waals surface area (Å²) in [7, 11) is 3.51. The van der Waals surface area contributed by atoms with E-state index in [1.807, 2.05) is 38.2 Å². The lowest BCUT2D eigenvalue weighted by molar-refractivity contribution is 0.411. The van der Waals surface area contributed by atoms with Gasteiger partial charge in [0.1, 0.15) is 23.1 Å². The summed E-state index contributed by atoms with van der Waals surface area (Å²) in [5, 5.41) is 3.11. The molecule has 1 aliphatic carbocycles. The number of anilines is 1. The molecule has 0 spiro atoms. The Morgan fingerprint density at radius 3 is 2.33 bits per heavy atom. The molecular formula is C16H19N3O2. The van der Waals surface area contributed by atoms with Crippen molar-refractivity contribution in [3.8, 4) is 17.4 Å². The Balaban J connectivity index is 1.90. The van der Waals surface area contributed by atoms with E-state index in [-0.39, 0.29) is 0 Å². The molecule has 1 aromatic carbocycles. The van der Waals surface area contributed by atoms with Gasteiger partial charge in [0.2, 0.25) is 5.88 Å². The Kier molecular flexibility index (Phi) is 3.64. The van der Waals surface area contributed by atoms with E-state index in [9.17, 15) is 0 Å². The number of aromatic nitrogens is 2. The topological polar surface area (TPSA) is 56.3 Å². The first-order valence-corrected chi connectivity index (χ1v) is 7.09. The highest BCUT2D eigenvalue weighted by Crippen LogP contribution is 2.40. The summed E-state index contributed by atoms with van der Waals surface area (Å²) in [6.07, 6.45) is 2.32. The van der Waals surface area contributed by atoms with Gasteiger partial charge >= 0.3 is 0 Å². The first-order valence-electron chi connectivity index (χ1n) is 7.09. The standard InChI is InChI=1S/C16H19N3O2/c1-10-14(17-2)18-15(11-4-5-11)19-16(10)21-13-8-6-12(20-3)7-9-13/h6-9,11H,4-5H2,1-3H3,(H,17,18,19). The third kappa shape index (κ3) is 2.91. The van der Waals surface area contributed by atoms with Crippen LogP contribution in [0.1, 0.15) is 30.1 Å². The van der Waals surface area contributed by atoms with Crippen molar-refractivity contribution >= 4 is 5.82 Å². The fourth-order valence-corrected chi connectivity index (χ4v) is 2.13. The molecule has 0 saturated heterocycles. The maximum atomic E-state index is 5.92. The maximum Gasteiger partial charge on any atom is 0.227 e. The van der Waals surface area contributed by atoms with Crippen molar-refractivity contribution < 1.29 is 9.47 Å². The van der Waals surface area contributed by atoms with Gasteiger partial charge in [-0.05, 0) is 44.0 Å². The zero-order chi connectivity index (χ0) is 14.8. The summed E-state index contributed by atoms with van der Waals surface area (Å²) in [4.78, 5) is 9.14. The van der Waals surface area contributed by atoms with Gasteiger partial charge in [-0.25, -0.2) is 4.98 Å². The average Bonchev–Trinajstić information content (AvgIpc) is 3.35. The Bertz CT molecular complexity index is 637. The van der Waals surface area contributed by atoms with E-state index in [0.29, 0.717) is 11.8 Å². The van der Waals surface area contributed by atoms with Crippen LogP contribution in [0.5, 0.6) is 17.4 Å². The lowest BCUT2D eigenvalue weighted by Gasteiger charge is -2.13. The van der Waals surface area contributed by atoms with Gasteiger partial charge in [-0.15, -0.1) is 0 Å². The summed E-state index contributed by atoms with van der Waals surface area (Å²) in [6, 6.07) is 7.48. The van der Waals surface area contributed by atoms with Gasteiger partial charge in [0.25, 0.3) is 0 Å². The van der Waals surface area contributed by atoms with E-state index in [0.717, 1.165) is 41.5 Å². The Labute approximate surface area is 124 Å². The summed E-state index contributed by atoms with van der Waals surface area (Å²) >= 11 is 0. The van der Waals surface area contributed by atoms with Crippen molar-refractivity contribution in [3.05, 3.63) is 35.7 Å². The SMILES string of the molecule is CNc1nc(C2CC2)nc(Oc2ccc(OC)cc2)c1C. The Morgan fingerprint density at radius 2 is 1.76 bits per heavy atom. The molecule has 0 radical (unpaired) electrons. The van der Waals surface area contributed by atoms with Crippen molar-refractivity contribution in [3.63, 3.8) is 0 Å². The summed E-state index contributed by atoms with van der Waals surface area (Å²) in [5.41, 5.74) is 0.915. The number of hydrogen-bond acceptors (Lipinski definition) is 5. The zero-order valence-corrected chi connectivity index (χ0v) is 12.5. The minimum absolute atomic E-state index is 0.482. The number of nitrogens with zero attached hydrogens (tertiary/aromatic N) is 2. The molecule has 1 aliphatic rings. The van der Waals surface area contributed by atoms with Crippen LogP contribution in [0, 0.1) is 6.92 Å². The molecule has 1 N–H and O–H groups in total. The van der Waals surface area contributed by atoms with Crippen LogP contribution in [-0.4, -0.2) is 24.1 Å². The maximum absolute atomic E-state index is 5.92. The lowest BCUT2D eigenvalue weighted by atomic mass is 10.3. The second kappa shape index (κ2) is 5.60. The van der Waals surface area contributed by atoms with Gasteiger partial charge in [0, 0.05) is 13.0 Å². The molecule has 1 heterocycles. The summed E-state index contributed by atoms with van der Waals surface area (Å²) in [6.45, 7) is 1.96. The molecule has 3 rings (SSSR count). The predicted octanol–water partition coefficient (Wildman–Crippen LogP) is 3.51. The van der Waals surface area contributed by atoms with E-state index in [4.69, 9.17) is 9.47 Å². The molecule has 5 heteroatoms. The van der Waals surface area contributed by atoms with Gasteiger partial charge < -0.3 is 14.8 Å². The second-order valence-electron chi connectivity index (χ2n) is 5.16. The zero-order valence-electron chi connectivity index (χ0n) is 12.5. The van der Waals surface area contributed by atoms with Crippen LogP contribution in [-0.2, 0) is 0 Å². The number of ether oxygens (including phenoxy) is 2. The molecule has 1 fully saturated rings. The van der Waals surface area contributed by atoms with Crippen LogP contribution >= 0.6 is 0 Å². The normalized spacial score (nSPS) is 13.9. The molecule has 0 bridgehead atoms. The Hall–Kier alpha value is -2.30. The predicted molar refractivity (Wildman–Crippen MR) is 81.4 cm³/mol. The highest BCUT2D eigenvalue weighted by Gasteiger charge is 2.28. The number of methoxy groups -OCH3 is 1. The highest BCUT2D eigenvalue weighted by molar-refractivity contribution is 5.50. The molecule has 5 nitrogen and oxygen atoms in total. The van der Waals surface area contributed by atoms with Crippen LogP contribution in [0.4, 0.5) is 5.82 Å². The molecule has 0 unspecified atom stereocenters. The molecule has 0 aliphatic heterocycles. The van der Waals surface area contributed by atoms with Gasteiger partial charge in [0.15, 0.2) is 0 Å². The smallest absolute Gasteiger partial charge is 0.227 e. The van der Waals surface area contributed by atoms with E-state index < -0.39 is 0 Å². The monoisotopic (exact) mass is 285 g/mol. The van der Waals surface area contributed by atoms with Crippen LogP contribution < -0.4 is 14.8 Å². The number of nitrogens with one attached hydrogen (secondary N) is 1. The van der Waals surface area contributed by atoms with Crippen molar-refractivity contribution in [1.82, 2.24) is 9.97 Å². The largest absolute Gasteiger partial charge is 0.497 e. The molecule has 1 saturated carbocycles. The third-order valence-corrected chi connectivity index (χ3v) is 3.57. The molecule has 0 atom stereocenters. The first-order chi connectivity index (χ1) is 10.2. The quantitative estimate of drug-likeness (QED) is 0.911. The number of hydrogen-bond donors (Lipinski definition) is 1. The number of rotatable bonds is 5. The Morgan fingerprint density at radius 1 is 1.10 bits per heavy atom. The summed E-state index contributed by atoms with van der Waals surface area (Å²) in [5.74, 6) is 4.33. The second-order valence-corrected chi connectivity index (χ2v) is 5.16. The molecular weight excluding hydrogens is 266 g/mol. The van der Waals surface area contributed by atoms with Gasteiger partial charge in [-0.3, -0.25) is 0 Å². The first kappa shape index (κ1) is 13.7. The fraction of sp³-hybridized carbons (Fsp3) is 0.375. The average molecular weight is 285 g/mol. The van der Waals surface area contributed by atoms with Gasteiger partial charge in [-0.2, -0.15) is 4.98 Å². The molecule has 21 heavy (non-hydrogen) atoms. The van der Waals surface area contributed by atoms with E-state index in [1.165, 1.54) is 0 Å². The molecule has 1 aromatic heterocycles. The van der Waals surface area contributed by atoms with Crippen molar-refractivity contribution in [2.24, 2.45) is 0 Å². The number of benzene rings is 1. The fourth-order valence-electron chi connectivity index (χ4n) is 2.13. The molecule has 110 valence electrons. The summed E-state index contributed by atoms with van der Waals surface area (Å²) < 4.78 is 11.1. The minimum atomic E-state index is 0.482. The van der Waals surface area contributed by atoms with E-state index >= 15 is 0 Å². The van der Waals surface area contributed by atoms with Crippen LogP contribution in [0.15, 0.2) is 24.3 Å².